The van der Waals surface area contributed by atoms with E-state index < -0.39 is 5.97 Å². The summed E-state index contributed by atoms with van der Waals surface area (Å²) in [5.41, 5.74) is 0.949. The fourth-order valence-corrected chi connectivity index (χ4v) is 1.86. The third-order valence-electron chi connectivity index (χ3n) is 1.81. The summed E-state index contributed by atoms with van der Waals surface area (Å²) in [5, 5.41) is 8.67. The van der Waals surface area contributed by atoms with Gasteiger partial charge in [0.15, 0.2) is 0 Å². The number of esters is 1. The van der Waals surface area contributed by atoms with Gasteiger partial charge in [-0.2, -0.15) is 0 Å². The molecule has 0 spiro atoms. The molecule has 2 aromatic rings. The Kier molecular flexibility index (Phi) is 2.73. The van der Waals surface area contributed by atoms with E-state index >= 15 is 0 Å². The first-order valence-corrected chi connectivity index (χ1v) is 5.10. The van der Waals surface area contributed by atoms with Crippen LogP contribution < -0.4 is 0 Å². The topological polar surface area (TPSA) is 52.1 Å². The molecule has 0 aliphatic heterocycles. The van der Waals surface area contributed by atoms with Crippen LogP contribution >= 0.6 is 11.3 Å². The van der Waals surface area contributed by atoms with Crippen molar-refractivity contribution in [1.29, 1.82) is 0 Å². The Labute approximate surface area is 90.5 Å². The zero-order chi connectivity index (χ0) is 10.7. The van der Waals surface area contributed by atoms with Gasteiger partial charge in [-0.1, -0.05) is 41.7 Å². The molecule has 5 heteroatoms. The van der Waals surface area contributed by atoms with Gasteiger partial charge in [0.05, 0.1) is 7.11 Å². The van der Waals surface area contributed by atoms with Crippen molar-refractivity contribution in [2.24, 2.45) is 0 Å². The van der Waals surface area contributed by atoms with Gasteiger partial charge in [0.2, 0.25) is 5.01 Å². The van der Waals surface area contributed by atoms with Crippen LogP contribution in [-0.2, 0) is 4.74 Å². The van der Waals surface area contributed by atoms with Gasteiger partial charge >= 0.3 is 5.97 Å². The lowest BCUT2D eigenvalue weighted by atomic mass is 10.2. The van der Waals surface area contributed by atoms with E-state index in [9.17, 15) is 4.79 Å². The Morgan fingerprint density at radius 3 is 2.67 bits per heavy atom. The number of benzene rings is 1. The van der Waals surface area contributed by atoms with Crippen molar-refractivity contribution in [2.75, 3.05) is 7.11 Å². The molecule has 0 unspecified atom stereocenters. The van der Waals surface area contributed by atoms with Crippen LogP contribution in [0.2, 0.25) is 0 Å². The Hall–Kier alpha value is -1.75. The average Bonchev–Trinajstić information content (AvgIpc) is 2.78. The minimum absolute atomic E-state index is 0.274. The van der Waals surface area contributed by atoms with Crippen LogP contribution in [0.3, 0.4) is 0 Å². The van der Waals surface area contributed by atoms with Crippen LogP contribution in [0, 0.1) is 0 Å². The summed E-state index contributed by atoms with van der Waals surface area (Å²) in [6, 6.07) is 9.58. The predicted molar refractivity (Wildman–Crippen MR) is 56.7 cm³/mol. The van der Waals surface area contributed by atoms with Crippen LogP contribution in [0.5, 0.6) is 0 Å². The smallest absolute Gasteiger partial charge is 0.369 e. The molecule has 0 radical (unpaired) electrons. The van der Waals surface area contributed by atoms with Gasteiger partial charge in [-0.25, -0.2) is 4.79 Å². The van der Waals surface area contributed by atoms with Crippen molar-refractivity contribution in [1.82, 2.24) is 10.2 Å². The van der Waals surface area contributed by atoms with E-state index in [1.54, 1.807) is 0 Å². The van der Waals surface area contributed by atoms with E-state index in [1.807, 2.05) is 30.3 Å². The first-order chi connectivity index (χ1) is 7.31. The van der Waals surface area contributed by atoms with Crippen LogP contribution in [0.25, 0.3) is 10.6 Å². The summed E-state index contributed by atoms with van der Waals surface area (Å²) < 4.78 is 4.55. The first kappa shape index (κ1) is 9.79. The van der Waals surface area contributed by atoms with Gasteiger partial charge in [-0.3, -0.25) is 0 Å². The van der Waals surface area contributed by atoms with Crippen molar-refractivity contribution in [3.05, 3.63) is 35.3 Å². The molecule has 0 aliphatic rings. The number of hydrogen-bond acceptors (Lipinski definition) is 5. The molecule has 76 valence electrons. The number of methoxy groups -OCH3 is 1. The molecule has 0 saturated carbocycles. The summed E-state index contributed by atoms with van der Waals surface area (Å²) >= 11 is 1.22. The fourth-order valence-electron chi connectivity index (χ4n) is 1.09. The summed E-state index contributed by atoms with van der Waals surface area (Å²) in [4.78, 5) is 11.1. The Morgan fingerprint density at radius 1 is 1.27 bits per heavy atom. The second kappa shape index (κ2) is 4.18. The number of carbonyl (C=O) groups excluding carboxylic acids is 1. The van der Waals surface area contributed by atoms with E-state index in [1.165, 1.54) is 18.4 Å². The molecule has 4 nitrogen and oxygen atoms in total. The number of hydrogen-bond donors (Lipinski definition) is 0. The third-order valence-corrected chi connectivity index (χ3v) is 2.76. The highest BCUT2D eigenvalue weighted by Crippen LogP contribution is 2.23. The molecule has 0 aliphatic carbocycles. The third kappa shape index (κ3) is 2.02. The molecule has 1 heterocycles. The maximum absolute atomic E-state index is 11.1. The average molecular weight is 220 g/mol. The summed E-state index contributed by atoms with van der Waals surface area (Å²) in [7, 11) is 1.33. The second-order valence-corrected chi connectivity index (χ2v) is 3.75. The molecule has 15 heavy (non-hydrogen) atoms. The zero-order valence-corrected chi connectivity index (χ0v) is 8.82. The molecule has 0 amide bonds. The van der Waals surface area contributed by atoms with E-state index in [0.717, 1.165) is 10.6 Å². The molecular weight excluding hydrogens is 212 g/mol. The van der Waals surface area contributed by atoms with Crippen LogP contribution in [0.4, 0.5) is 0 Å². The van der Waals surface area contributed by atoms with Crippen molar-refractivity contribution >= 4 is 17.3 Å². The minimum atomic E-state index is -0.449. The Bertz CT molecular complexity index is 467. The normalized spacial score (nSPS) is 9.93. The van der Waals surface area contributed by atoms with E-state index in [4.69, 9.17) is 0 Å². The van der Waals surface area contributed by atoms with Gasteiger partial charge in [-0.05, 0) is 0 Å². The molecular formula is C10H8N2O2S. The number of carbonyl (C=O) groups is 1. The monoisotopic (exact) mass is 220 g/mol. The quantitative estimate of drug-likeness (QED) is 0.726. The number of ether oxygens (including phenoxy) is 1. The highest BCUT2D eigenvalue weighted by Gasteiger charge is 2.13. The molecule has 0 N–H and O–H groups in total. The molecule has 0 bridgehead atoms. The van der Waals surface area contributed by atoms with Crippen molar-refractivity contribution < 1.29 is 9.53 Å². The summed E-state index contributed by atoms with van der Waals surface area (Å²) in [6.45, 7) is 0. The Morgan fingerprint density at radius 2 is 2.00 bits per heavy atom. The van der Waals surface area contributed by atoms with Gasteiger partial charge in [-0.15, -0.1) is 10.2 Å². The van der Waals surface area contributed by atoms with Crippen LogP contribution in [-0.4, -0.2) is 23.3 Å². The predicted octanol–water partition coefficient (Wildman–Crippen LogP) is 1.99. The maximum Gasteiger partial charge on any atom is 0.369 e. The summed E-state index contributed by atoms with van der Waals surface area (Å²) in [6.07, 6.45) is 0. The fraction of sp³-hybridized carbons (Fsp3) is 0.100. The Balaban J connectivity index is 2.32. The zero-order valence-electron chi connectivity index (χ0n) is 8.01. The highest BCUT2D eigenvalue weighted by atomic mass is 32.1. The van der Waals surface area contributed by atoms with Crippen molar-refractivity contribution in [3.8, 4) is 10.6 Å². The first-order valence-electron chi connectivity index (χ1n) is 4.28. The van der Waals surface area contributed by atoms with Gasteiger partial charge in [0, 0.05) is 5.56 Å². The minimum Gasteiger partial charge on any atom is -0.464 e. The second-order valence-electron chi connectivity index (χ2n) is 2.77. The lowest BCUT2D eigenvalue weighted by Crippen LogP contribution is -1.99. The number of rotatable bonds is 2. The maximum atomic E-state index is 11.1. The van der Waals surface area contributed by atoms with Gasteiger partial charge in [0.25, 0.3) is 0 Å². The van der Waals surface area contributed by atoms with E-state index in [2.05, 4.69) is 14.9 Å². The van der Waals surface area contributed by atoms with E-state index in [-0.39, 0.29) is 5.01 Å². The van der Waals surface area contributed by atoms with Gasteiger partial charge < -0.3 is 4.74 Å². The largest absolute Gasteiger partial charge is 0.464 e. The standard InChI is InChI=1S/C10H8N2O2S/c1-14-10(13)9-12-11-8(15-9)7-5-3-2-4-6-7/h2-6H,1H3. The van der Waals surface area contributed by atoms with Gasteiger partial charge in [0.1, 0.15) is 5.01 Å². The molecule has 0 atom stereocenters. The summed E-state index contributed by atoms with van der Waals surface area (Å²) in [5.74, 6) is -0.449. The van der Waals surface area contributed by atoms with Crippen molar-refractivity contribution in [2.45, 2.75) is 0 Å². The van der Waals surface area contributed by atoms with Crippen LogP contribution in [0.15, 0.2) is 30.3 Å². The number of nitrogens with zero attached hydrogens (tertiary/aromatic N) is 2. The number of aromatic nitrogens is 2. The lowest BCUT2D eigenvalue weighted by Gasteiger charge is -1.91. The van der Waals surface area contributed by atoms with Crippen LogP contribution in [0.1, 0.15) is 9.80 Å². The molecule has 1 aromatic carbocycles. The lowest BCUT2D eigenvalue weighted by molar-refractivity contribution is 0.0599. The molecule has 0 fully saturated rings. The molecule has 1 aromatic heterocycles. The van der Waals surface area contributed by atoms with Crippen molar-refractivity contribution in [3.63, 3.8) is 0 Å². The SMILES string of the molecule is COC(=O)c1nnc(-c2ccccc2)s1. The molecule has 0 saturated heterocycles. The molecule has 2 rings (SSSR count). The van der Waals surface area contributed by atoms with E-state index in [0.29, 0.717) is 0 Å². The highest BCUT2D eigenvalue weighted by molar-refractivity contribution is 7.16.